The second-order valence-corrected chi connectivity index (χ2v) is 3.60. The number of hydrogen-bond donors (Lipinski definition) is 2. The molecular formula is C12H18O3. The van der Waals surface area contributed by atoms with Gasteiger partial charge < -0.3 is 14.9 Å². The number of aliphatic hydroxyl groups excluding tert-OH is 2. The summed E-state index contributed by atoms with van der Waals surface area (Å²) in [5.74, 6) is 0.769. The molecule has 0 aliphatic carbocycles. The van der Waals surface area contributed by atoms with Crippen LogP contribution in [-0.4, -0.2) is 29.5 Å². The Morgan fingerprint density at radius 3 is 2.60 bits per heavy atom. The first kappa shape index (κ1) is 12.0. The van der Waals surface area contributed by atoms with E-state index in [1.54, 1.807) is 7.11 Å². The molecule has 2 N–H and O–H groups in total. The number of methoxy groups -OCH3 is 1. The molecule has 2 unspecified atom stereocenters. The average Bonchev–Trinajstić information content (AvgIpc) is 2.28. The molecule has 84 valence electrons. The van der Waals surface area contributed by atoms with Gasteiger partial charge in [0.05, 0.1) is 19.3 Å². The molecule has 0 spiro atoms. The smallest absolute Gasteiger partial charge is 0.119 e. The molecule has 1 aromatic rings. The first-order valence-electron chi connectivity index (χ1n) is 5.16. The lowest BCUT2D eigenvalue weighted by Gasteiger charge is -2.16. The summed E-state index contributed by atoms with van der Waals surface area (Å²) in [6.07, 6.45) is -0.351. The predicted octanol–water partition coefficient (Wildman–Crippen LogP) is 1.37. The van der Waals surface area contributed by atoms with Crippen molar-refractivity contribution in [3.8, 4) is 5.75 Å². The summed E-state index contributed by atoms with van der Waals surface area (Å²) in [6, 6.07) is 7.51. The summed E-state index contributed by atoms with van der Waals surface area (Å²) in [7, 11) is 1.61. The second kappa shape index (κ2) is 5.73. The number of aliphatic hydroxyl groups is 2. The van der Waals surface area contributed by atoms with Gasteiger partial charge in [0, 0.05) is 6.42 Å². The van der Waals surface area contributed by atoms with E-state index in [-0.39, 0.29) is 0 Å². The van der Waals surface area contributed by atoms with Crippen LogP contribution in [0, 0.1) is 0 Å². The fourth-order valence-corrected chi connectivity index (χ4v) is 1.45. The van der Waals surface area contributed by atoms with Gasteiger partial charge in [-0.3, -0.25) is 0 Å². The van der Waals surface area contributed by atoms with Crippen LogP contribution in [-0.2, 0) is 6.42 Å². The van der Waals surface area contributed by atoms with Crippen molar-refractivity contribution < 1.29 is 14.9 Å². The summed E-state index contributed by atoms with van der Waals surface area (Å²) in [5, 5.41) is 19.1. The van der Waals surface area contributed by atoms with E-state index in [0.717, 1.165) is 11.3 Å². The van der Waals surface area contributed by atoms with Gasteiger partial charge in [0.15, 0.2) is 0 Å². The molecule has 0 heterocycles. The zero-order valence-electron chi connectivity index (χ0n) is 9.18. The molecule has 0 bridgehead atoms. The molecule has 3 heteroatoms. The van der Waals surface area contributed by atoms with E-state index in [9.17, 15) is 10.2 Å². The van der Waals surface area contributed by atoms with Crippen molar-refractivity contribution in [2.45, 2.75) is 32.0 Å². The van der Waals surface area contributed by atoms with E-state index in [1.165, 1.54) is 0 Å². The lowest BCUT2D eigenvalue weighted by Crippen LogP contribution is -2.27. The highest BCUT2D eigenvalue weighted by molar-refractivity contribution is 5.28. The van der Waals surface area contributed by atoms with Crippen molar-refractivity contribution in [2.75, 3.05) is 7.11 Å². The molecule has 0 fully saturated rings. The van der Waals surface area contributed by atoms with E-state index in [0.29, 0.717) is 12.8 Å². The molecule has 3 nitrogen and oxygen atoms in total. The molecular weight excluding hydrogens is 192 g/mol. The summed E-state index contributed by atoms with van der Waals surface area (Å²) in [4.78, 5) is 0. The Bertz CT molecular complexity index is 299. The Kier molecular flexibility index (Phi) is 4.59. The Balaban J connectivity index is 2.63. The minimum atomic E-state index is -0.706. The quantitative estimate of drug-likeness (QED) is 0.771. The third-order valence-corrected chi connectivity index (χ3v) is 2.44. The van der Waals surface area contributed by atoms with Gasteiger partial charge in [0.25, 0.3) is 0 Å². The number of hydrogen-bond acceptors (Lipinski definition) is 3. The standard InChI is InChI=1S/C12H18O3/c1-3-11(13)12(14)8-9-5-4-6-10(7-9)15-2/h4-7,11-14H,3,8H2,1-2H3. The van der Waals surface area contributed by atoms with Crippen LogP contribution < -0.4 is 4.74 Å². The summed E-state index contributed by atoms with van der Waals surface area (Å²) >= 11 is 0. The van der Waals surface area contributed by atoms with Crippen LogP contribution >= 0.6 is 0 Å². The van der Waals surface area contributed by atoms with Crippen molar-refractivity contribution in [2.24, 2.45) is 0 Å². The predicted molar refractivity (Wildman–Crippen MR) is 59.0 cm³/mol. The van der Waals surface area contributed by atoms with Gasteiger partial charge in [-0.1, -0.05) is 19.1 Å². The maximum absolute atomic E-state index is 9.64. The molecule has 15 heavy (non-hydrogen) atoms. The Hall–Kier alpha value is -1.06. The van der Waals surface area contributed by atoms with Crippen LogP contribution in [0.5, 0.6) is 5.75 Å². The normalized spacial score (nSPS) is 14.7. The van der Waals surface area contributed by atoms with Crippen LogP contribution in [0.15, 0.2) is 24.3 Å². The van der Waals surface area contributed by atoms with E-state index in [4.69, 9.17) is 4.74 Å². The minimum Gasteiger partial charge on any atom is -0.497 e. The fourth-order valence-electron chi connectivity index (χ4n) is 1.45. The highest BCUT2D eigenvalue weighted by Gasteiger charge is 2.14. The molecule has 0 amide bonds. The molecule has 0 aliphatic heterocycles. The van der Waals surface area contributed by atoms with Gasteiger partial charge in [-0.15, -0.1) is 0 Å². The Labute approximate surface area is 90.3 Å². The molecule has 0 saturated heterocycles. The Morgan fingerprint density at radius 2 is 2.00 bits per heavy atom. The van der Waals surface area contributed by atoms with Crippen LogP contribution in [0.4, 0.5) is 0 Å². The molecule has 1 rings (SSSR count). The van der Waals surface area contributed by atoms with Crippen molar-refractivity contribution in [1.29, 1.82) is 0 Å². The SMILES string of the molecule is CCC(O)C(O)Cc1cccc(OC)c1. The monoisotopic (exact) mass is 210 g/mol. The van der Waals surface area contributed by atoms with Gasteiger partial charge in [-0.2, -0.15) is 0 Å². The second-order valence-electron chi connectivity index (χ2n) is 3.60. The van der Waals surface area contributed by atoms with E-state index < -0.39 is 12.2 Å². The van der Waals surface area contributed by atoms with Crippen molar-refractivity contribution in [1.82, 2.24) is 0 Å². The largest absolute Gasteiger partial charge is 0.497 e. The van der Waals surface area contributed by atoms with Crippen LogP contribution in [0.3, 0.4) is 0 Å². The number of rotatable bonds is 5. The van der Waals surface area contributed by atoms with Crippen LogP contribution in [0.2, 0.25) is 0 Å². The molecule has 0 saturated carbocycles. The van der Waals surface area contributed by atoms with Gasteiger partial charge in [-0.25, -0.2) is 0 Å². The van der Waals surface area contributed by atoms with Gasteiger partial charge in [0.1, 0.15) is 5.75 Å². The highest BCUT2D eigenvalue weighted by Crippen LogP contribution is 2.15. The first-order valence-corrected chi connectivity index (χ1v) is 5.16. The highest BCUT2D eigenvalue weighted by atomic mass is 16.5. The third kappa shape index (κ3) is 3.53. The minimum absolute atomic E-state index is 0.451. The zero-order valence-corrected chi connectivity index (χ0v) is 9.18. The third-order valence-electron chi connectivity index (χ3n) is 2.44. The van der Waals surface area contributed by atoms with E-state index in [2.05, 4.69) is 0 Å². The average molecular weight is 210 g/mol. The molecule has 2 atom stereocenters. The summed E-state index contributed by atoms with van der Waals surface area (Å²) in [6.45, 7) is 1.85. The van der Waals surface area contributed by atoms with Gasteiger partial charge in [0.2, 0.25) is 0 Å². The lowest BCUT2D eigenvalue weighted by atomic mass is 10.0. The maximum Gasteiger partial charge on any atom is 0.119 e. The zero-order chi connectivity index (χ0) is 11.3. The summed E-state index contributed by atoms with van der Waals surface area (Å²) in [5.41, 5.74) is 0.967. The molecule has 0 aliphatic rings. The fraction of sp³-hybridized carbons (Fsp3) is 0.500. The molecule has 1 aromatic carbocycles. The van der Waals surface area contributed by atoms with Crippen LogP contribution in [0.25, 0.3) is 0 Å². The Morgan fingerprint density at radius 1 is 1.27 bits per heavy atom. The number of benzene rings is 1. The van der Waals surface area contributed by atoms with Crippen molar-refractivity contribution >= 4 is 0 Å². The van der Waals surface area contributed by atoms with E-state index in [1.807, 2.05) is 31.2 Å². The topological polar surface area (TPSA) is 49.7 Å². The number of ether oxygens (including phenoxy) is 1. The molecule has 0 radical (unpaired) electrons. The van der Waals surface area contributed by atoms with E-state index >= 15 is 0 Å². The van der Waals surface area contributed by atoms with Gasteiger partial charge >= 0.3 is 0 Å². The van der Waals surface area contributed by atoms with Crippen molar-refractivity contribution in [3.63, 3.8) is 0 Å². The lowest BCUT2D eigenvalue weighted by molar-refractivity contribution is 0.0181. The van der Waals surface area contributed by atoms with Crippen molar-refractivity contribution in [3.05, 3.63) is 29.8 Å². The van der Waals surface area contributed by atoms with Crippen LogP contribution in [0.1, 0.15) is 18.9 Å². The maximum atomic E-state index is 9.64. The first-order chi connectivity index (χ1) is 7.17. The molecule has 0 aromatic heterocycles. The summed E-state index contributed by atoms with van der Waals surface area (Å²) < 4.78 is 5.08. The van der Waals surface area contributed by atoms with Gasteiger partial charge in [-0.05, 0) is 24.1 Å².